The van der Waals surface area contributed by atoms with Crippen LogP contribution in [0.25, 0.3) is 16.9 Å². The largest absolute Gasteiger partial charge is 0.414 e. The fourth-order valence-corrected chi connectivity index (χ4v) is 2.93. The molecule has 0 spiro atoms. The van der Waals surface area contributed by atoms with Gasteiger partial charge < -0.3 is 10.5 Å². The third-order valence-electron chi connectivity index (χ3n) is 4.18. The molecular formula is C20H17ClF3N3O2. The number of primary amides is 1. The first-order chi connectivity index (χ1) is 13.6. The van der Waals surface area contributed by atoms with E-state index in [0.717, 1.165) is 6.92 Å². The second-order valence-corrected chi connectivity index (χ2v) is 6.81. The fraction of sp³-hybridized carbons (Fsp3) is 0.200. The van der Waals surface area contributed by atoms with Gasteiger partial charge >= 0.3 is 6.18 Å². The highest BCUT2D eigenvalue weighted by atomic mass is 35.5. The van der Waals surface area contributed by atoms with Crippen molar-refractivity contribution in [2.75, 3.05) is 0 Å². The first kappa shape index (κ1) is 20.9. The lowest BCUT2D eigenvalue weighted by atomic mass is 10.1. The molecule has 5 nitrogen and oxygen atoms in total. The summed E-state index contributed by atoms with van der Waals surface area (Å²) in [4.78, 5) is 11.6. The number of nitrogens with two attached hydrogens (primary N) is 1. The lowest BCUT2D eigenvalue weighted by Gasteiger charge is -2.17. The maximum atomic E-state index is 12.7. The molecule has 1 aromatic heterocycles. The van der Waals surface area contributed by atoms with E-state index in [9.17, 15) is 18.0 Å². The number of amides is 1. The average molecular weight is 424 g/mol. The quantitative estimate of drug-likeness (QED) is 0.621. The summed E-state index contributed by atoms with van der Waals surface area (Å²) in [6.45, 7) is 0.658. The molecule has 29 heavy (non-hydrogen) atoms. The van der Waals surface area contributed by atoms with Crippen molar-refractivity contribution in [3.8, 4) is 16.9 Å². The Hall–Kier alpha value is -2.84. The minimum Gasteiger partial charge on any atom is -0.364 e. The molecule has 0 fully saturated rings. The number of hydrogen-bond donors (Lipinski definition) is 1. The van der Waals surface area contributed by atoms with E-state index in [0.29, 0.717) is 27.5 Å². The van der Waals surface area contributed by atoms with Crippen molar-refractivity contribution in [2.24, 2.45) is 5.73 Å². The molecule has 9 heteroatoms. The molecule has 3 aromatic rings. The molecular weight excluding hydrogens is 407 g/mol. The maximum Gasteiger partial charge on any atom is 0.414 e. The van der Waals surface area contributed by atoms with E-state index in [1.807, 2.05) is 6.07 Å². The second-order valence-electron chi connectivity index (χ2n) is 6.37. The molecule has 0 saturated heterocycles. The smallest absolute Gasteiger partial charge is 0.364 e. The second kappa shape index (κ2) is 8.26. The van der Waals surface area contributed by atoms with Crippen molar-refractivity contribution in [1.82, 2.24) is 9.78 Å². The summed E-state index contributed by atoms with van der Waals surface area (Å²) in [6.07, 6.45) is -6.37. The van der Waals surface area contributed by atoms with E-state index < -0.39 is 18.2 Å². The van der Waals surface area contributed by atoms with Gasteiger partial charge in [-0.1, -0.05) is 29.8 Å². The Balaban J connectivity index is 2.00. The van der Waals surface area contributed by atoms with Gasteiger partial charge in [-0.15, -0.1) is 0 Å². The number of halogens is 4. The monoisotopic (exact) mass is 423 g/mol. The van der Waals surface area contributed by atoms with Gasteiger partial charge in [0.05, 0.1) is 18.0 Å². The normalized spacial score (nSPS) is 12.7. The summed E-state index contributed by atoms with van der Waals surface area (Å²) in [5.74, 6) is -0.703. The van der Waals surface area contributed by atoms with Crippen LogP contribution in [0.4, 0.5) is 13.2 Å². The van der Waals surface area contributed by atoms with Crippen LogP contribution < -0.4 is 5.73 Å². The molecule has 0 saturated carbocycles. The Labute approximate surface area is 169 Å². The predicted molar refractivity (Wildman–Crippen MR) is 103 cm³/mol. The SMILES string of the molecule is C[C@@H](OCc1cc(Cl)cc(-c2cc(C(N)=O)nn2-c2ccccc2)c1)C(F)(F)F. The van der Waals surface area contributed by atoms with Gasteiger partial charge in [-0.2, -0.15) is 18.3 Å². The maximum absolute atomic E-state index is 12.7. The lowest BCUT2D eigenvalue weighted by Crippen LogP contribution is -2.28. The average Bonchev–Trinajstić information content (AvgIpc) is 3.11. The van der Waals surface area contributed by atoms with E-state index in [1.165, 1.54) is 16.8 Å². The molecule has 2 aromatic carbocycles. The third-order valence-corrected chi connectivity index (χ3v) is 4.40. The van der Waals surface area contributed by atoms with Crippen LogP contribution >= 0.6 is 11.6 Å². The summed E-state index contributed by atoms with van der Waals surface area (Å²) < 4.78 is 44.5. The van der Waals surface area contributed by atoms with Gasteiger partial charge in [-0.3, -0.25) is 4.79 Å². The van der Waals surface area contributed by atoms with Gasteiger partial charge in [-0.25, -0.2) is 4.68 Å². The number of hydrogen-bond acceptors (Lipinski definition) is 3. The molecule has 1 amide bonds. The molecule has 2 N–H and O–H groups in total. The molecule has 0 radical (unpaired) electrons. The van der Waals surface area contributed by atoms with Crippen LogP contribution in [-0.2, 0) is 11.3 Å². The van der Waals surface area contributed by atoms with Gasteiger partial charge in [0, 0.05) is 10.6 Å². The van der Waals surface area contributed by atoms with E-state index in [-0.39, 0.29) is 12.3 Å². The zero-order valence-corrected chi connectivity index (χ0v) is 16.0. The number of para-hydroxylation sites is 1. The number of alkyl halides is 3. The van der Waals surface area contributed by atoms with Crippen molar-refractivity contribution in [2.45, 2.75) is 25.8 Å². The van der Waals surface area contributed by atoms with E-state index in [2.05, 4.69) is 5.10 Å². The zero-order valence-electron chi connectivity index (χ0n) is 15.3. The Morgan fingerprint density at radius 1 is 1.21 bits per heavy atom. The molecule has 1 atom stereocenters. The van der Waals surface area contributed by atoms with Crippen molar-refractivity contribution >= 4 is 17.5 Å². The van der Waals surface area contributed by atoms with Crippen molar-refractivity contribution in [1.29, 1.82) is 0 Å². The molecule has 152 valence electrons. The van der Waals surface area contributed by atoms with Crippen LogP contribution in [0.3, 0.4) is 0 Å². The number of benzene rings is 2. The van der Waals surface area contributed by atoms with Crippen molar-refractivity contribution in [3.63, 3.8) is 0 Å². The number of rotatable bonds is 6. The molecule has 1 heterocycles. The minimum atomic E-state index is -4.45. The van der Waals surface area contributed by atoms with E-state index in [1.54, 1.807) is 36.4 Å². The highest BCUT2D eigenvalue weighted by Crippen LogP contribution is 2.29. The summed E-state index contributed by atoms with van der Waals surface area (Å²) in [7, 11) is 0. The molecule has 0 aliphatic carbocycles. The highest BCUT2D eigenvalue weighted by molar-refractivity contribution is 6.31. The molecule has 0 bridgehead atoms. The fourth-order valence-electron chi connectivity index (χ4n) is 2.67. The first-order valence-electron chi connectivity index (χ1n) is 8.58. The number of nitrogens with zero attached hydrogens (tertiary/aromatic N) is 2. The lowest BCUT2D eigenvalue weighted by molar-refractivity contribution is -0.217. The van der Waals surface area contributed by atoms with Crippen molar-refractivity contribution < 1.29 is 22.7 Å². The van der Waals surface area contributed by atoms with Crippen molar-refractivity contribution in [3.05, 3.63) is 70.9 Å². The van der Waals surface area contributed by atoms with Gasteiger partial charge in [-0.05, 0) is 48.9 Å². The summed E-state index contributed by atoms with van der Waals surface area (Å²) >= 11 is 6.17. The van der Waals surface area contributed by atoms with Crippen LogP contribution in [0.1, 0.15) is 23.0 Å². The van der Waals surface area contributed by atoms with Crippen LogP contribution in [0.2, 0.25) is 5.02 Å². The van der Waals surface area contributed by atoms with Crippen LogP contribution in [0, 0.1) is 0 Å². The van der Waals surface area contributed by atoms with Gasteiger partial charge in [0.2, 0.25) is 0 Å². The van der Waals surface area contributed by atoms with Crippen LogP contribution in [0.15, 0.2) is 54.6 Å². The number of carbonyl (C=O) groups excluding carboxylic acids is 1. The molecule has 0 aliphatic rings. The van der Waals surface area contributed by atoms with E-state index >= 15 is 0 Å². The zero-order chi connectivity index (χ0) is 21.2. The first-order valence-corrected chi connectivity index (χ1v) is 8.96. The Kier molecular flexibility index (Phi) is 5.95. The highest BCUT2D eigenvalue weighted by Gasteiger charge is 2.36. The Bertz CT molecular complexity index is 1020. The van der Waals surface area contributed by atoms with Gasteiger partial charge in [0.15, 0.2) is 11.8 Å². The predicted octanol–water partition coefficient (Wildman–Crippen LogP) is 4.76. The van der Waals surface area contributed by atoms with Crippen LogP contribution in [-0.4, -0.2) is 28.0 Å². The number of ether oxygens (including phenoxy) is 1. The summed E-state index contributed by atoms with van der Waals surface area (Å²) in [5.41, 5.74) is 7.61. The minimum absolute atomic E-state index is 0.0484. The standard InChI is InChI=1S/C20H17ClF3N3O2/c1-12(20(22,23)24)29-11-13-7-14(9-15(21)8-13)18-10-17(19(25)28)26-27(18)16-5-3-2-4-6-16/h2-10,12H,11H2,1H3,(H2,25,28)/t12-/m1/s1. The topological polar surface area (TPSA) is 70.1 Å². The third kappa shape index (κ3) is 4.96. The van der Waals surface area contributed by atoms with Gasteiger partial charge in [0.25, 0.3) is 5.91 Å². The number of aromatic nitrogens is 2. The molecule has 0 aliphatic heterocycles. The summed E-state index contributed by atoms with van der Waals surface area (Å²) in [6, 6.07) is 15.3. The van der Waals surface area contributed by atoms with E-state index in [4.69, 9.17) is 22.1 Å². The molecule has 3 rings (SSSR count). The number of carbonyl (C=O) groups is 1. The Morgan fingerprint density at radius 2 is 1.90 bits per heavy atom. The van der Waals surface area contributed by atoms with Crippen LogP contribution in [0.5, 0.6) is 0 Å². The van der Waals surface area contributed by atoms with Gasteiger partial charge in [0.1, 0.15) is 0 Å². The Morgan fingerprint density at radius 3 is 2.52 bits per heavy atom. The molecule has 0 unspecified atom stereocenters. The summed E-state index contributed by atoms with van der Waals surface area (Å²) in [5, 5.41) is 4.55.